The molecule has 1 aromatic heterocycles. The van der Waals surface area contributed by atoms with Gasteiger partial charge in [-0.1, -0.05) is 12.1 Å². The number of nitrogens with one attached hydrogen (secondary N) is 2. The maximum Gasteiger partial charge on any atom is 0.171 e. The molecular formula is C16H22N4OS. The molecule has 0 aliphatic carbocycles. The first-order valence-corrected chi connectivity index (χ1v) is 7.68. The van der Waals surface area contributed by atoms with Crippen molar-refractivity contribution in [2.75, 3.05) is 12.4 Å². The molecule has 1 aromatic carbocycles. The zero-order valence-corrected chi connectivity index (χ0v) is 14.3. The Morgan fingerprint density at radius 1 is 1.32 bits per heavy atom. The van der Waals surface area contributed by atoms with Gasteiger partial charge in [0.1, 0.15) is 5.75 Å². The van der Waals surface area contributed by atoms with Crippen molar-refractivity contribution in [1.82, 2.24) is 15.1 Å². The first-order chi connectivity index (χ1) is 10.6. The molecule has 6 heteroatoms. The van der Waals surface area contributed by atoms with E-state index in [1.54, 1.807) is 7.11 Å². The summed E-state index contributed by atoms with van der Waals surface area (Å²) < 4.78 is 7.30. The molecule has 2 N–H and O–H groups in total. The molecule has 0 bridgehead atoms. The topological polar surface area (TPSA) is 51.1 Å². The van der Waals surface area contributed by atoms with Gasteiger partial charge in [-0.15, -0.1) is 0 Å². The highest BCUT2D eigenvalue weighted by Gasteiger charge is 2.11. The molecule has 5 nitrogen and oxygen atoms in total. The van der Waals surface area contributed by atoms with E-state index in [2.05, 4.69) is 29.6 Å². The van der Waals surface area contributed by atoms with Crippen molar-refractivity contribution >= 4 is 23.0 Å². The molecule has 0 aliphatic heterocycles. The lowest BCUT2D eigenvalue weighted by molar-refractivity contribution is 0.417. The summed E-state index contributed by atoms with van der Waals surface area (Å²) in [5.41, 5.74) is 4.24. The second-order valence-electron chi connectivity index (χ2n) is 4.97. The molecule has 22 heavy (non-hydrogen) atoms. The van der Waals surface area contributed by atoms with E-state index in [-0.39, 0.29) is 0 Å². The Labute approximate surface area is 136 Å². The molecule has 0 amide bonds. The van der Waals surface area contributed by atoms with Gasteiger partial charge in [-0.25, -0.2) is 0 Å². The predicted octanol–water partition coefficient (Wildman–Crippen LogP) is 3.02. The van der Waals surface area contributed by atoms with Crippen LogP contribution in [0.2, 0.25) is 0 Å². The monoisotopic (exact) mass is 318 g/mol. The average molecular weight is 318 g/mol. The number of anilines is 1. The Morgan fingerprint density at radius 3 is 2.68 bits per heavy atom. The fourth-order valence-electron chi connectivity index (χ4n) is 2.38. The van der Waals surface area contributed by atoms with Crippen molar-refractivity contribution in [1.29, 1.82) is 0 Å². The molecule has 2 rings (SSSR count). The van der Waals surface area contributed by atoms with Gasteiger partial charge in [0.05, 0.1) is 18.5 Å². The number of thiocarbonyl (C=S) groups is 1. The number of methoxy groups -OCH3 is 1. The first kappa shape index (κ1) is 16.3. The minimum atomic E-state index is 0.563. The summed E-state index contributed by atoms with van der Waals surface area (Å²) in [5, 5.41) is 11.5. The Kier molecular flexibility index (Phi) is 5.38. The van der Waals surface area contributed by atoms with Crippen LogP contribution in [0, 0.1) is 13.8 Å². The normalized spacial score (nSPS) is 10.4. The summed E-state index contributed by atoms with van der Waals surface area (Å²) in [4.78, 5) is 0. The molecular weight excluding hydrogens is 296 g/mol. The molecule has 0 unspecified atom stereocenters. The zero-order chi connectivity index (χ0) is 16.1. The summed E-state index contributed by atoms with van der Waals surface area (Å²) in [5.74, 6) is 0.762. The minimum Gasteiger partial charge on any atom is -0.495 e. The number of aromatic nitrogens is 2. The quantitative estimate of drug-likeness (QED) is 0.830. The fourth-order valence-corrected chi connectivity index (χ4v) is 2.56. The van der Waals surface area contributed by atoms with Crippen LogP contribution < -0.4 is 15.4 Å². The third-order valence-electron chi connectivity index (χ3n) is 3.61. The van der Waals surface area contributed by atoms with Crippen molar-refractivity contribution in [3.63, 3.8) is 0 Å². The van der Waals surface area contributed by atoms with Crippen molar-refractivity contribution in [3.05, 3.63) is 41.2 Å². The fraction of sp³-hybridized carbons (Fsp3) is 0.375. The van der Waals surface area contributed by atoms with Crippen LogP contribution in [0.5, 0.6) is 5.75 Å². The van der Waals surface area contributed by atoms with Crippen molar-refractivity contribution < 1.29 is 4.74 Å². The van der Waals surface area contributed by atoms with Crippen LogP contribution in [-0.4, -0.2) is 22.0 Å². The Hall–Kier alpha value is -2.08. The average Bonchev–Trinajstić information content (AvgIpc) is 2.80. The van der Waals surface area contributed by atoms with E-state index in [9.17, 15) is 0 Å². The summed E-state index contributed by atoms with van der Waals surface area (Å²) in [6.07, 6.45) is 0. The summed E-state index contributed by atoms with van der Waals surface area (Å²) >= 11 is 5.36. The van der Waals surface area contributed by atoms with Gasteiger partial charge in [0.2, 0.25) is 0 Å². The molecule has 0 fully saturated rings. The zero-order valence-electron chi connectivity index (χ0n) is 13.4. The molecule has 0 spiro atoms. The molecule has 0 radical (unpaired) electrons. The highest BCUT2D eigenvalue weighted by atomic mass is 32.1. The maximum atomic E-state index is 5.36. The number of aryl methyl sites for hydroxylation is 2. The van der Waals surface area contributed by atoms with E-state index < -0.39 is 0 Å². The highest BCUT2D eigenvalue weighted by Crippen LogP contribution is 2.22. The number of nitrogens with zero attached hydrogens (tertiary/aromatic N) is 2. The smallest absolute Gasteiger partial charge is 0.171 e. The predicted molar refractivity (Wildman–Crippen MR) is 93.4 cm³/mol. The third kappa shape index (κ3) is 3.57. The lowest BCUT2D eigenvalue weighted by Crippen LogP contribution is -2.28. The van der Waals surface area contributed by atoms with Crippen molar-refractivity contribution in [3.8, 4) is 5.75 Å². The van der Waals surface area contributed by atoms with Crippen LogP contribution in [0.15, 0.2) is 24.3 Å². The van der Waals surface area contributed by atoms with Crippen molar-refractivity contribution in [2.24, 2.45) is 0 Å². The third-order valence-corrected chi connectivity index (χ3v) is 3.86. The summed E-state index contributed by atoms with van der Waals surface area (Å²) in [6, 6.07) is 7.68. The van der Waals surface area contributed by atoms with Crippen LogP contribution >= 0.6 is 12.2 Å². The molecule has 0 atom stereocenters. The van der Waals surface area contributed by atoms with Gasteiger partial charge >= 0.3 is 0 Å². The van der Waals surface area contributed by atoms with Crippen LogP contribution in [0.3, 0.4) is 0 Å². The van der Waals surface area contributed by atoms with Gasteiger partial charge < -0.3 is 15.4 Å². The lowest BCUT2D eigenvalue weighted by Gasteiger charge is -2.13. The van der Waals surface area contributed by atoms with Crippen LogP contribution in [0.4, 0.5) is 5.69 Å². The Bertz CT molecular complexity index is 666. The minimum absolute atomic E-state index is 0.563. The van der Waals surface area contributed by atoms with Crippen molar-refractivity contribution in [2.45, 2.75) is 33.9 Å². The van der Waals surface area contributed by atoms with Gasteiger partial charge in [0.15, 0.2) is 5.11 Å². The SMILES string of the molecule is CCn1nc(C)c(CNC(=S)Nc2ccccc2OC)c1C. The number of hydrogen-bond acceptors (Lipinski definition) is 3. The van der Waals surface area contributed by atoms with E-state index in [0.717, 1.165) is 23.7 Å². The number of hydrogen-bond donors (Lipinski definition) is 2. The number of benzene rings is 1. The van der Waals surface area contributed by atoms with E-state index in [0.29, 0.717) is 11.7 Å². The molecule has 0 saturated carbocycles. The van der Waals surface area contributed by atoms with Crippen LogP contribution in [0.1, 0.15) is 23.9 Å². The molecule has 0 aliphatic rings. The number of para-hydroxylation sites is 2. The van der Waals surface area contributed by atoms with Gasteiger partial charge in [-0.3, -0.25) is 4.68 Å². The maximum absolute atomic E-state index is 5.36. The Balaban J connectivity index is 2.00. The molecule has 1 heterocycles. The van der Waals surface area contributed by atoms with Gasteiger partial charge in [-0.05, 0) is 45.1 Å². The molecule has 118 valence electrons. The molecule has 0 saturated heterocycles. The van der Waals surface area contributed by atoms with Gasteiger partial charge in [0, 0.05) is 24.3 Å². The van der Waals surface area contributed by atoms with E-state index in [1.807, 2.05) is 35.9 Å². The number of rotatable bonds is 5. The van der Waals surface area contributed by atoms with E-state index >= 15 is 0 Å². The second kappa shape index (κ2) is 7.26. The van der Waals surface area contributed by atoms with Crippen LogP contribution in [-0.2, 0) is 13.1 Å². The van der Waals surface area contributed by atoms with E-state index in [4.69, 9.17) is 17.0 Å². The highest BCUT2D eigenvalue weighted by molar-refractivity contribution is 7.80. The summed E-state index contributed by atoms with van der Waals surface area (Å²) in [6.45, 7) is 7.71. The van der Waals surface area contributed by atoms with Crippen LogP contribution in [0.25, 0.3) is 0 Å². The number of ether oxygens (including phenoxy) is 1. The largest absolute Gasteiger partial charge is 0.495 e. The first-order valence-electron chi connectivity index (χ1n) is 7.27. The van der Waals surface area contributed by atoms with Gasteiger partial charge in [-0.2, -0.15) is 5.10 Å². The second-order valence-corrected chi connectivity index (χ2v) is 5.38. The van der Waals surface area contributed by atoms with E-state index in [1.165, 1.54) is 11.3 Å². The summed E-state index contributed by atoms with van der Waals surface area (Å²) in [7, 11) is 1.64. The standard InChI is InChI=1S/C16H22N4OS/c1-5-20-12(3)13(11(2)19-20)10-17-16(22)18-14-8-6-7-9-15(14)21-4/h6-9H,5,10H2,1-4H3,(H2,17,18,22). The molecule has 2 aromatic rings. The van der Waals surface area contributed by atoms with Gasteiger partial charge in [0.25, 0.3) is 0 Å². The lowest BCUT2D eigenvalue weighted by atomic mass is 10.2. The Morgan fingerprint density at radius 2 is 2.05 bits per heavy atom.